The van der Waals surface area contributed by atoms with E-state index in [0.717, 1.165) is 49.2 Å². The first-order valence-electron chi connectivity index (χ1n) is 10.7. The number of rotatable bonds is 5. The number of fused-ring (bicyclic) bond motifs is 1. The van der Waals surface area contributed by atoms with Crippen LogP contribution in [0.25, 0.3) is 6.08 Å². The highest BCUT2D eigenvalue weighted by Crippen LogP contribution is 2.32. The van der Waals surface area contributed by atoms with E-state index in [-0.39, 0.29) is 5.91 Å². The lowest BCUT2D eigenvalue weighted by Gasteiger charge is -2.18. The smallest absolute Gasteiger partial charge is 0.343 e. The van der Waals surface area contributed by atoms with Crippen LogP contribution in [0, 0.1) is 6.92 Å². The number of aliphatic imine (C=N–C) groups is 1. The highest BCUT2D eigenvalue weighted by molar-refractivity contribution is 6.13. The summed E-state index contributed by atoms with van der Waals surface area (Å²) in [6.07, 6.45) is 5.92. The van der Waals surface area contributed by atoms with Crippen molar-refractivity contribution < 1.29 is 19.1 Å². The van der Waals surface area contributed by atoms with Crippen LogP contribution in [0.5, 0.6) is 11.5 Å². The van der Waals surface area contributed by atoms with Crippen molar-refractivity contribution in [3.05, 3.63) is 64.9 Å². The van der Waals surface area contributed by atoms with Crippen LogP contribution in [-0.4, -0.2) is 35.8 Å². The van der Waals surface area contributed by atoms with E-state index < -0.39 is 5.97 Å². The number of nitrogens with zero attached hydrogens (tertiary/aromatic N) is 2. The fourth-order valence-corrected chi connectivity index (χ4v) is 3.77. The Kier molecular flexibility index (Phi) is 6.16. The summed E-state index contributed by atoms with van der Waals surface area (Å²) in [6, 6.07) is 12.5. The van der Waals surface area contributed by atoms with Crippen LogP contribution >= 0.6 is 0 Å². The van der Waals surface area contributed by atoms with Crippen LogP contribution in [0.15, 0.2) is 53.2 Å². The average molecular weight is 418 g/mol. The van der Waals surface area contributed by atoms with Crippen molar-refractivity contribution in [2.45, 2.75) is 39.5 Å². The number of esters is 1. The number of amides is 1. The Balaban J connectivity index is 1.58. The van der Waals surface area contributed by atoms with Gasteiger partial charge in [-0.15, -0.1) is 0 Å². The number of carbonyl (C=O) groups excluding carboxylic acids is 2. The van der Waals surface area contributed by atoms with Gasteiger partial charge in [0, 0.05) is 13.0 Å². The van der Waals surface area contributed by atoms with Gasteiger partial charge in [-0.3, -0.25) is 4.79 Å². The monoisotopic (exact) mass is 418 g/mol. The maximum absolute atomic E-state index is 12.5. The van der Waals surface area contributed by atoms with Crippen LogP contribution in [0.3, 0.4) is 0 Å². The van der Waals surface area contributed by atoms with Crippen molar-refractivity contribution in [1.29, 1.82) is 0 Å². The van der Waals surface area contributed by atoms with Gasteiger partial charge in [-0.25, -0.2) is 4.79 Å². The maximum Gasteiger partial charge on any atom is 0.343 e. The zero-order chi connectivity index (χ0) is 21.8. The summed E-state index contributed by atoms with van der Waals surface area (Å²) in [5.41, 5.74) is 2.93. The molecule has 0 atom stereocenters. The van der Waals surface area contributed by atoms with Gasteiger partial charge in [-0.1, -0.05) is 30.2 Å². The second-order valence-corrected chi connectivity index (χ2v) is 7.72. The summed E-state index contributed by atoms with van der Waals surface area (Å²) in [7, 11) is 0. The molecule has 6 heteroatoms. The number of ether oxygens (including phenoxy) is 2. The lowest BCUT2D eigenvalue weighted by atomic mass is 10.1. The molecule has 2 aromatic rings. The van der Waals surface area contributed by atoms with Crippen LogP contribution in [0.4, 0.5) is 0 Å². The molecule has 1 fully saturated rings. The zero-order valence-electron chi connectivity index (χ0n) is 17.9. The molecule has 0 radical (unpaired) electrons. The molecule has 0 aliphatic carbocycles. The van der Waals surface area contributed by atoms with Crippen LogP contribution in [0.2, 0.25) is 0 Å². The molecule has 2 aliphatic heterocycles. The van der Waals surface area contributed by atoms with E-state index in [4.69, 9.17) is 9.47 Å². The van der Waals surface area contributed by atoms with Crippen molar-refractivity contribution in [1.82, 2.24) is 4.90 Å². The first-order chi connectivity index (χ1) is 15.0. The molecular formula is C25H26N2O4. The Morgan fingerprint density at radius 1 is 1.10 bits per heavy atom. The Morgan fingerprint density at radius 3 is 2.68 bits per heavy atom. The van der Waals surface area contributed by atoms with Gasteiger partial charge in [-0.05, 0) is 62.6 Å². The highest BCUT2D eigenvalue weighted by atomic mass is 16.6. The van der Waals surface area contributed by atoms with Gasteiger partial charge >= 0.3 is 5.97 Å². The molecule has 2 heterocycles. The summed E-state index contributed by atoms with van der Waals surface area (Å²) in [5.74, 6) is 1.02. The standard InChI is InChI=1S/C25H26N2O4/c1-3-30-22-16-18(15-20-24(28)26-23-7-5-4-6-14-27(20)23)10-13-21(22)31-25(29)19-11-8-17(2)9-12-19/h8-13,15-16H,3-7,14H2,1-2H3/b20-15+. The predicted octanol–water partition coefficient (Wildman–Crippen LogP) is 4.77. The fraction of sp³-hybridized carbons (Fsp3) is 0.320. The minimum absolute atomic E-state index is 0.204. The first kappa shape index (κ1) is 20.8. The third-order valence-electron chi connectivity index (χ3n) is 5.40. The van der Waals surface area contributed by atoms with Crippen LogP contribution in [0.1, 0.15) is 54.1 Å². The van der Waals surface area contributed by atoms with Gasteiger partial charge in [0.05, 0.1) is 12.2 Å². The first-order valence-corrected chi connectivity index (χ1v) is 10.7. The Hall–Kier alpha value is -3.41. The molecule has 0 bridgehead atoms. The van der Waals surface area contributed by atoms with Crippen molar-refractivity contribution in [2.24, 2.45) is 4.99 Å². The normalized spacial score (nSPS) is 17.2. The molecule has 4 rings (SSSR count). The topological polar surface area (TPSA) is 68.2 Å². The quantitative estimate of drug-likeness (QED) is 0.398. The molecule has 2 aliphatic rings. The maximum atomic E-state index is 12.5. The van der Waals surface area contributed by atoms with Crippen LogP contribution < -0.4 is 9.47 Å². The molecule has 0 spiro atoms. The van der Waals surface area contributed by atoms with Crippen molar-refractivity contribution >= 4 is 23.8 Å². The van der Waals surface area contributed by atoms with E-state index in [1.54, 1.807) is 24.3 Å². The van der Waals surface area contributed by atoms with E-state index in [2.05, 4.69) is 4.99 Å². The minimum atomic E-state index is -0.444. The summed E-state index contributed by atoms with van der Waals surface area (Å²) < 4.78 is 11.3. The summed E-state index contributed by atoms with van der Waals surface area (Å²) >= 11 is 0. The molecule has 31 heavy (non-hydrogen) atoms. The van der Waals surface area contributed by atoms with E-state index in [1.165, 1.54) is 0 Å². The molecule has 160 valence electrons. The molecular weight excluding hydrogens is 392 g/mol. The second-order valence-electron chi connectivity index (χ2n) is 7.72. The van der Waals surface area contributed by atoms with E-state index in [9.17, 15) is 9.59 Å². The van der Waals surface area contributed by atoms with Crippen molar-refractivity contribution in [2.75, 3.05) is 13.2 Å². The van der Waals surface area contributed by atoms with E-state index >= 15 is 0 Å². The van der Waals surface area contributed by atoms with Gasteiger partial charge in [0.25, 0.3) is 5.91 Å². The summed E-state index contributed by atoms with van der Waals surface area (Å²) in [6.45, 7) is 5.06. The van der Waals surface area contributed by atoms with Gasteiger partial charge in [0.1, 0.15) is 11.5 Å². The molecule has 2 aromatic carbocycles. The second kappa shape index (κ2) is 9.16. The number of hydrogen-bond acceptors (Lipinski definition) is 5. The lowest BCUT2D eigenvalue weighted by Crippen LogP contribution is -2.26. The molecule has 6 nitrogen and oxygen atoms in total. The van der Waals surface area contributed by atoms with E-state index in [1.807, 2.05) is 43.0 Å². The highest BCUT2D eigenvalue weighted by Gasteiger charge is 2.30. The van der Waals surface area contributed by atoms with E-state index in [0.29, 0.717) is 29.4 Å². The van der Waals surface area contributed by atoms with Gasteiger partial charge in [0.2, 0.25) is 0 Å². The molecule has 1 amide bonds. The third kappa shape index (κ3) is 4.68. The SMILES string of the molecule is CCOc1cc(/C=C2\C(=O)N=C3CCCCCN32)ccc1OC(=O)c1ccc(C)cc1. The predicted molar refractivity (Wildman–Crippen MR) is 119 cm³/mol. The van der Waals surface area contributed by atoms with Gasteiger partial charge < -0.3 is 14.4 Å². The molecule has 0 aromatic heterocycles. The average Bonchev–Trinajstić information content (AvgIpc) is 2.91. The van der Waals surface area contributed by atoms with Crippen molar-refractivity contribution in [3.8, 4) is 11.5 Å². The summed E-state index contributed by atoms with van der Waals surface area (Å²) in [4.78, 5) is 31.3. The number of hydrogen-bond donors (Lipinski definition) is 0. The number of benzene rings is 2. The number of amidine groups is 1. The fourth-order valence-electron chi connectivity index (χ4n) is 3.77. The Bertz CT molecular complexity index is 1050. The molecule has 0 N–H and O–H groups in total. The molecule has 0 unspecified atom stereocenters. The molecule has 1 saturated heterocycles. The Labute approximate surface area is 182 Å². The van der Waals surface area contributed by atoms with Gasteiger partial charge in [0.15, 0.2) is 11.5 Å². The van der Waals surface area contributed by atoms with Crippen LogP contribution in [-0.2, 0) is 4.79 Å². The largest absolute Gasteiger partial charge is 0.490 e. The summed E-state index contributed by atoms with van der Waals surface area (Å²) in [5, 5.41) is 0. The zero-order valence-corrected chi connectivity index (χ0v) is 17.9. The minimum Gasteiger partial charge on any atom is -0.490 e. The molecule has 0 saturated carbocycles. The number of aryl methyl sites for hydroxylation is 1. The van der Waals surface area contributed by atoms with Gasteiger partial charge in [-0.2, -0.15) is 4.99 Å². The number of carbonyl (C=O) groups is 2. The Morgan fingerprint density at radius 2 is 1.90 bits per heavy atom. The lowest BCUT2D eigenvalue weighted by molar-refractivity contribution is -0.114. The van der Waals surface area contributed by atoms with Crippen molar-refractivity contribution in [3.63, 3.8) is 0 Å². The third-order valence-corrected chi connectivity index (χ3v) is 5.40.